The van der Waals surface area contributed by atoms with Crippen molar-refractivity contribution in [3.8, 4) is 5.75 Å². The lowest BCUT2D eigenvalue weighted by atomic mass is 9.78. The standard InChI is InChI=1S/C31H27F2NO3/c32-23-12-14-24(15-13-23)34-30(22-10-16-25(17-11-22)37-20-21-6-2-1-3-7-21)27(31(34)36)18-19-29(35)26-8-4-5-9-28(26)33/h1-17,27,29-30,35H,18-20H2/t27-,29+,30-/m1/s1. The normalized spacial score (nSPS) is 17.8. The van der Waals surface area contributed by atoms with Crippen molar-refractivity contribution in [3.63, 3.8) is 0 Å². The number of carbonyl (C=O) groups excluding carboxylic acids is 1. The fourth-order valence-electron chi connectivity index (χ4n) is 4.84. The Morgan fingerprint density at radius 1 is 0.838 bits per heavy atom. The van der Waals surface area contributed by atoms with Gasteiger partial charge in [0.05, 0.1) is 18.1 Å². The molecule has 0 unspecified atom stereocenters. The first kappa shape index (κ1) is 24.7. The van der Waals surface area contributed by atoms with Crippen molar-refractivity contribution in [1.82, 2.24) is 0 Å². The van der Waals surface area contributed by atoms with Crippen molar-refractivity contribution in [1.29, 1.82) is 0 Å². The fourth-order valence-corrected chi connectivity index (χ4v) is 4.84. The van der Waals surface area contributed by atoms with Gasteiger partial charge in [0, 0.05) is 11.3 Å². The third kappa shape index (κ3) is 5.39. The largest absolute Gasteiger partial charge is 0.489 e. The third-order valence-electron chi connectivity index (χ3n) is 6.80. The molecule has 1 aliphatic heterocycles. The zero-order valence-electron chi connectivity index (χ0n) is 20.1. The highest BCUT2D eigenvalue weighted by molar-refractivity contribution is 6.03. The number of rotatable bonds is 9. The Hall–Kier alpha value is -4.03. The SMILES string of the molecule is O=C1[C@H](CC[C@H](O)c2ccccc2F)[C@@H](c2ccc(OCc3ccccc3)cc2)N1c1ccc(F)cc1. The number of hydrogen-bond acceptors (Lipinski definition) is 3. The minimum Gasteiger partial charge on any atom is -0.489 e. The number of hydrogen-bond donors (Lipinski definition) is 1. The van der Waals surface area contributed by atoms with Crippen LogP contribution in [0.3, 0.4) is 0 Å². The van der Waals surface area contributed by atoms with Crippen LogP contribution in [-0.4, -0.2) is 11.0 Å². The summed E-state index contributed by atoms with van der Waals surface area (Å²) in [6, 6.07) is 29.1. The average molecular weight is 500 g/mol. The summed E-state index contributed by atoms with van der Waals surface area (Å²) in [5.41, 5.74) is 2.79. The number of nitrogens with zero attached hydrogens (tertiary/aromatic N) is 1. The van der Waals surface area contributed by atoms with Gasteiger partial charge in [-0.2, -0.15) is 0 Å². The number of β-lactam (4-membered cyclic amide) rings is 1. The summed E-state index contributed by atoms with van der Waals surface area (Å²) in [7, 11) is 0. The Morgan fingerprint density at radius 2 is 1.51 bits per heavy atom. The fraction of sp³-hybridized carbons (Fsp3) is 0.194. The van der Waals surface area contributed by atoms with Crippen molar-refractivity contribution in [2.45, 2.75) is 31.6 Å². The molecule has 1 aliphatic rings. The first-order chi connectivity index (χ1) is 18.0. The van der Waals surface area contributed by atoms with E-state index in [2.05, 4.69) is 0 Å². The Kier molecular flexibility index (Phi) is 7.28. The Bertz CT molecular complexity index is 1340. The van der Waals surface area contributed by atoms with Crippen molar-refractivity contribution in [2.24, 2.45) is 5.92 Å². The van der Waals surface area contributed by atoms with Gasteiger partial charge in [-0.1, -0.05) is 60.7 Å². The average Bonchev–Trinajstić information content (AvgIpc) is 2.92. The van der Waals surface area contributed by atoms with Gasteiger partial charge >= 0.3 is 0 Å². The number of benzene rings is 4. The zero-order chi connectivity index (χ0) is 25.8. The summed E-state index contributed by atoms with van der Waals surface area (Å²) in [6.45, 7) is 0.445. The Morgan fingerprint density at radius 3 is 2.22 bits per heavy atom. The van der Waals surface area contributed by atoms with E-state index >= 15 is 0 Å². The molecule has 3 atom stereocenters. The molecular weight excluding hydrogens is 472 g/mol. The predicted octanol–water partition coefficient (Wildman–Crippen LogP) is 6.76. The van der Waals surface area contributed by atoms with E-state index in [4.69, 9.17) is 4.74 Å². The first-order valence-electron chi connectivity index (χ1n) is 12.3. The van der Waals surface area contributed by atoms with Gasteiger partial charge in [0.1, 0.15) is 24.0 Å². The van der Waals surface area contributed by atoms with Gasteiger partial charge in [0.25, 0.3) is 0 Å². The van der Waals surface area contributed by atoms with Gasteiger partial charge in [0.15, 0.2) is 0 Å². The Labute approximate surface area is 214 Å². The molecule has 0 aromatic heterocycles. The monoisotopic (exact) mass is 499 g/mol. The third-order valence-corrected chi connectivity index (χ3v) is 6.80. The molecule has 37 heavy (non-hydrogen) atoms. The molecule has 0 spiro atoms. The van der Waals surface area contributed by atoms with E-state index in [-0.39, 0.29) is 29.8 Å². The van der Waals surface area contributed by atoms with Crippen LogP contribution in [0.4, 0.5) is 14.5 Å². The second-order valence-corrected chi connectivity index (χ2v) is 9.19. The minimum atomic E-state index is -1.01. The quantitative estimate of drug-likeness (QED) is 0.259. The van der Waals surface area contributed by atoms with Crippen LogP contribution in [0.25, 0.3) is 0 Å². The maximum absolute atomic E-state index is 14.1. The number of carbonyl (C=O) groups is 1. The molecule has 4 nitrogen and oxygen atoms in total. The molecular formula is C31H27F2NO3. The summed E-state index contributed by atoms with van der Waals surface area (Å²) < 4.78 is 33.6. The maximum Gasteiger partial charge on any atom is 0.233 e. The van der Waals surface area contributed by atoms with Crippen molar-refractivity contribution >= 4 is 11.6 Å². The van der Waals surface area contributed by atoms with Crippen LogP contribution in [0.15, 0.2) is 103 Å². The topological polar surface area (TPSA) is 49.8 Å². The number of amides is 1. The molecule has 0 saturated carbocycles. The van der Waals surface area contributed by atoms with Gasteiger partial charge in [-0.3, -0.25) is 4.79 Å². The molecule has 0 aliphatic carbocycles. The molecule has 5 rings (SSSR count). The number of halogens is 2. The van der Waals surface area contributed by atoms with Crippen LogP contribution in [0.2, 0.25) is 0 Å². The highest BCUT2D eigenvalue weighted by Crippen LogP contribution is 2.46. The lowest BCUT2D eigenvalue weighted by Crippen LogP contribution is -2.55. The minimum absolute atomic E-state index is 0.109. The van der Waals surface area contributed by atoms with Gasteiger partial charge in [-0.25, -0.2) is 8.78 Å². The van der Waals surface area contributed by atoms with Crippen molar-refractivity contribution in [2.75, 3.05) is 4.90 Å². The molecule has 1 heterocycles. The number of ether oxygens (including phenoxy) is 1. The molecule has 1 N–H and O–H groups in total. The second kappa shape index (κ2) is 10.9. The van der Waals surface area contributed by atoms with Crippen molar-refractivity contribution < 1.29 is 23.4 Å². The summed E-state index contributed by atoms with van der Waals surface area (Å²) in [4.78, 5) is 14.9. The molecule has 0 radical (unpaired) electrons. The maximum atomic E-state index is 14.1. The summed E-state index contributed by atoms with van der Waals surface area (Å²) in [5, 5.41) is 10.6. The second-order valence-electron chi connectivity index (χ2n) is 9.19. The Balaban J connectivity index is 1.33. The van der Waals surface area contributed by atoms with E-state index in [0.717, 1.165) is 11.1 Å². The van der Waals surface area contributed by atoms with Crippen LogP contribution in [0.1, 0.15) is 41.7 Å². The van der Waals surface area contributed by atoms with Crippen LogP contribution < -0.4 is 9.64 Å². The van der Waals surface area contributed by atoms with E-state index in [9.17, 15) is 18.7 Å². The van der Waals surface area contributed by atoms with Crippen LogP contribution in [-0.2, 0) is 11.4 Å². The highest BCUT2D eigenvalue weighted by atomic mass is 19.1. The molecule has 1 saturated heterocycles. The molecule has 6 heteroatoms. The smallest absolute Gasteiger partial charge is 0.233 e. The lowest BCUT2D eigenvalue weighted by Gasteiger charge is -2.48. The van der Waals surface area contributed by atoms with E-state index in [1.807, 2.05) is 54.6 Å². The van der Waals surface area contributed by atoms with Crippen molar-refractivity contribution in [3.05, 3.63) is 131 Å². The first-order valence-corrected chi connectivity index (χ1v) is 12.3. The van der Waals surface area contributed by atoms with Gasteiger partial charge in [-0.05, 0) is 66.4 Å². The summed E-state index contributed by atoms with van der Waals surface area (Å²) in [5.74, 6) is -0.648. The molecule has 4 aromatic carbocycles. The highest BCUT2D eigenvalue weighted by Gasteiger charge is 2.48. The number of aliphatic hydroxyl groups is 1. The number of aliphatic hydroxyl groups excluding tert-OH is 1. The van der Waals surface area contributed by atoms with E-state index < -0.39 is 17.8 Å². The van der Waals surface area contributed by atoms with Crippen LogP contribution in [0.5, 0.6) is 5.75 Å². The van der Waals surface area contributed by atoms with Gasteiger partial charge < -0.3 is 14.7 Å². The van der Waals surface area contributed by atoms with Gasteiger partial charge in [0.2, 0.25) is 5.91 Å². The zero-order valence-corrected chi connectivity index (χ0v) is 20.1. The molecule has 1 fully saturated rings. The molecule has 188 valence electrons. The molecule has 1 amide bonds. The summed E-state index contributed by atoms with van der Waals surface area (Å²) >= 11 is 0. The van der Waals surface area contributed by atoms with Gasteiger partial charge in [-0.15, -0.1) is 0 Å². The van der Waals surface area contributed by atoms with Crippen LogP contribution in [0, 0.1) is 17.6 Å². The van der Waals surface area contributed by atoms with Crippen LogP contribution >= 0.6 is 0 Å². The number of anilines is 1. The van der Waals surface area contributed by atoms with E-state index in [1.165, 1.54) is 18.2 Å². The van der Waals surface area contributed by atoms with E-state index in [1.54, 1.807) is 35.2 Å². The lowest BCUT2D eigenvalue weighted by molar-refractivity contribution is -0.131. The van der Waals surface area contributed by atoms with E-state index in [0.29, 0.717) is 24.5 Å². The summed E-state index contributed by atoms with van der Waals surface area (Å²) in [6.07, 6.45) is -0.393. The molecule has 4 aromatic rings. The molecule has 0 bridgehead atoms. The predicted molar refractivity (Wildman–Crippen MR) is 138 cm³/mol.